The molecule has 2 heterocycles. The first-order valence-electron chi connectivity index (χ1n) is 10.1. The van der Waals surface area contributed by atoms with E-state index in [0.717, 1.165) is 16.7 Å². The minimum Gasteiger partial charge on any atom is -0.330 e. The van der Waals surface area contributed by atoms with Crippen LogP contribution in [-0.4, -0.2) is 25.6 Å². The normalized spacial score (nSPS) is 10.8. The van der Waals surface area contributed by atoms with E-state index in [-0.39, 0.29) is 11.7 Å². The lowest BCUT2D eigenvalue weighted by atomic mass is 10.1. The zero-order valence-corrected chi connectivity index (χ0v) is 17.5. The van der Waals surface area contributed by atoms with Crippen molar-refractivity contribution in [1.29, 1.82) is 0 Å². The molecule has 0 spiro atoms. The van der Waals surface area contributed by atoms with Crippen LogP contribution in [0.3, 0.4) is 0 Å². The monoisotopic (exact) mass is 414 g/mol. The van der Waals surface area contributed by atoms with E-state index < -0.39 is 0 Å². The Bertz CT molecular complexity index is 1200. The SMILES string of the molecule is Cc1ccccc1CN(Cc1cccnc1)C(=O)c1cnn(-c2ccccc2F)c1C. The van der Waals surface area contributed by atoms with Crippen molar-refractivity contribution in [2.45, 2.75) is 26.9 Å². The fourth-order valence-corrected chi connectivity index (χ4v) is 3.56. The molecule has 0 bridgehead atoms. The van der Waals surface area contributed by atoms with Gasteiger partial charge in [0.15, 0.2) is 0 Å². The Morgan fingerprint density at radius 2 is 1.74 bits per heavy atom. The minimum absolute atomic E-state index is 0.160. The fourth-order valence-electron chi connectivity index (χ4n) is 3.56. The molecule has 0 aliphatic heterocycles. The maximum atomic E-state index is 14.3. The molecule has 0 N–H and O–H groups in total. The number of benzene rings is 2. The number of halogens is 1. The summed E-state index contributed by atoms with van der Waals surface area (Å²) in [5.74, 6) is -0.549. The second-order valence-corrected chi connectivity index (χ2v) is 7.46. The number of carbonyl (C=O) groups is 1. The number of aryl methyl sites for hydroxylation is 1. The quantitative estimate of drug-likeness (QED) is 0.452. The summed E-state index contributed by atoms with van der Waals surface area (Å²) in [6.45, 7) is 4.67. The summed E-state index contributed by atoms with van der Waals surface area (Å²) < 4.78 is 15.8. The first-order chi connectivity index (χ1) is 15.0. The first-order valence-corrected chi connectivity index (χ1v) is 10.1. The molecule has 31 heavy (non-hydrogen) atoms. The van der Waals surface area contributed by atoms with E-state index >= 15 is 0 Å². The molecular weight excluding hydrogens is 391 g/mol. The van der Waals surface area contributed by atoms with E-state index in [4.69, 9.17) is 0 Å². The first kappa shape index (κ1) is 20.5. The van der Waals surface area contributed by atoms with Crippen molar-refractivity contribution in [1.82, 2.24) is 19.7 Å². The van der Waals surface area contributed by atoms with Gasteiger partial charge in [-0.2, -0.15) is 5.10 Å². The van der Waals surface area contributed by atoms with Crippen LogP contribution in [0, 0.1) is 19.7 Å². The van der Waals surface area contributed by atoms with Crippen LogP contribution in [0.2, 0.25) is 0 Å². The van der Waals surface area contributed by atoms with Gasteiger partial charge >= 0.3 is 0 Å². The van der Waals surface area contributed by atoms with E-state index in [1.165, 1.54) is 16.9 Å². The molecule has 0 aliphatic carbocycles. The van der Waals surface area contributed by atoms with Crippen LogP contribution < -0.4 is 0 Å². The van der Waals surface area contributed by atoms with Crippen LogP contribution >= 0.6 is 0 Å². The molecule has 2 aromatic heterocycles. The Morgan fingerprint density at radius 1 is 0.968 bits per heavy atom. The molecule has 0 unspecified atom stereocenters. The molecule has 0 saturated heterocycles. The Balaban J connectivity index is 1.69. The number of amides is 1. The molecule has 0 saturated carbocycles. The number of rotatable bonds is 6. The van der Waals surface area contributed by atoms with E-state index in [1.807, 2.05) is 43.3 Å². The summed E-state index contributed by atoms with van der Waals surface area (Å²) in [6, 6.07) is 18.2. The standard InChI is InChI=1S/C25H23FN4O/c1-18-8-3-4-10-21(18)17-29(16-20-9-7-13-27-14-20)25(31)22-15-28-30(19(22)2)24-12-6-5-11-23(24)26/h3-15H,16-17H2,1-2H3. The highest BCUT2D eigenvalue weighted by molar-refractivity contribution is 5.95. The molecule has 1 amide bonds. The Kier molecular flexibility index (Phi) is 5.89. The van der Waals surface area contributed by atoms with Gasteiger partial charge in [-0.3, -0.25) is 9.78 Å². The highest BCUT2D eigenvalue weighted by Gasteiger charge is 2.23. The van der Waals surface area contributed by atoms with Gasteiger partial charge in [0.25, 0.3) is 5.91 Å². The number of carbonyl (C=O) groups excluding carboxylic acids is 1. The van der Waals surface area contributed by atoms with Crippen LogP contribution in [0.4, 0.5) is 4.39 Å². The van der Waals surface area contributed by atoms with Crippen molar-refractivity contribution in [3.05, 3.63) is 113 Å². The van der Waals surface area contributed by atoms with Crippen molar-refractivity contribution in [3.8, 4) is 5.69 Å². The third-order valence-electron chi connectivity index (χ3n) is 5.33. The molecule has 0 fully saturated rings. The zero-order chi connectivity index (χ0) is 21.8. The van der Waals surface area contributed by atoms with E-state index in [2.05, 4.69) is 10.1 Å². The molecule has 6 heteroatoms. The van der Waals surface area contributed by atoms with Crippen molar-refractivity contribution in [2.24, 2.45) is 0 Å². The van der Waals surface area contributed by atoms with Gasteiger partial charge in [0.05, 0.1) is 17.5 Å². The summed E-state index contributed by atoms with van der Waals surface area (Å²) >= 11 is 0. The Hall–Kier alpha value is -3.80. The van der Waals surface area contributed by atoms with Gasteiger partial charge in [0, 0.05) is 25.5 Å². The average Bonchev–Trinajstić information content (AvgIpc) is 3.16. The van der Waals surface area contributed by atoms with Gasteiger partial charge in [0.1, 0.15) is 11.5 Å². The second kappa shape index (κ2) is 8.92. The summed E-state index contributed by atoms with van der Waals surface area (Å²) in [7, 11) is 0. The number of pyridine rings is 1. The predicted octanol–water partition coefficient (Wildman–Crippen LogP) is 4.87. The van der Waals surface area contributed by atoms with Gasteiger partial charge in [-0.1, -0.05) is 42.5 Å². The van der Waals surface area contributed by atoms with Crippen molar-refractivity contribution >= 4 is 5.91 Å². The maximum absolute atomic E-state index is 14.3. The van der Waals surface area contributed by atoms with Gasteiger partial charge < -0.3 is 4.90 Å². The summed E-state index contributed by atoms with van der Waals surface area (Å²) in [6.07, 6.45) is 4.98. The molecule has 156 valence electrons. The van der Waals surface area contributed by atoms with E-state index in [0.29, 0.717) is 30.0 Å². The molecule has 4 rings (SSSR count). The average molecular weight is 414 g/mol. The lowest BCUT2D eigenvalue weighted by Gasteiger charge is -2.24. The van der Waals surface area contributed by atoms with Crippen LogP contribution in [0.15, 0.2) is 79.3 Å². The Morgan fingerprint density at radius 3 is 2.48 bits per heavy atom. The lowest BCUT2D eigenvalue weighted by molar-refractivity contribution is 0.0729. The predicted molar refractivity (Wildman–Crippen MR) is 117 cm³/mol. The number of hydrogen-bond acceptors (Lipinski definition) is 3. The molecule has 5 nitrogen and oxygen atoms in total. The van der Waals surface area contributed by atoms with Gasteiger partial charge in [0.2, 0.25) is 0 Å². The summed E-state index contributed by atoms with van der Waals surface area (Å²) in [5, 5.41) is 4.30. The Labute approximate surface area is 180 Å². The van der Waals surface area contributed by atoms with Crippen molar-refractivity contribution in [3.63, 3.8) is 0 Å². The van der Waals surface area contributed by atoms with E-state index in [9.17, 15) is 9.18 Å². The van der Waals surface area contributed by atoms with Crippen molar-refractivity contribution in [2.75, 3.05) is 0 Å². The molecule has 4 aromatic rings. The fraction of sp³-hybridized carbons (Fsp3) is 0.160. The number of nitrogens with zero attached hydrogens (tertiary/aromatic N) is 4. The highest BCUT2D eigenvalue weighted by atomic mass is 19.1. The molecule has 0 atom stereocenters. The third kappa shape index (κ3) is 4.38. The van der Waals surface area contributed by atoms with Crippen molar-refractivity contribution < 1.29 is 9.18 Å². The smallest absolute Gasteiger partial charge is 0.257 e. The third-order valence-corrected chi connectivity index (χ3v) is 5.33. The van der Waals surface area contributed by atoms with E-state index in [1.54, 1.807) is 42.4 Å². The van der Waals surface area contributed by atoms with Crippen LogP contribution in [0.25, 0.3) is 5.69 Å². The minimum atomic E-state index is -0.389. The highest BCUT2D eigenvalue weighted by Crippen LogP contribution is 2.21. The second-order valence-electron chi connectivity index (χ2n) is 7.46. The molecular formula is C25H23FN4O. The van der Waals surface area contributed by atoms with Gasteiger partial charge in [-0.25, -0.2) is 9.07 Å². The molecule has 2 aromatic carbocycles. The summed E-state index contributed by atoms with van der Waals surface area (Å²) in [4.78, 5) is 19.5. The topological polar surface area (TPSA) is 51.0 Å². The number of para-hydroxylation sites is 1. The number of hydrogen-bond donors (Lipinski definition) is 0. The number of aromatic nitrogens is 3. The van der Waals surface area contributed by atoms with Gasteiger partial charge in [-0.05, 0) is 48.7 Å². The largest absolute Gasteiger partial charge is 0.330 e. The lowest BCUT2D eigenvalue weighted by Crippen LogP contribution is -2.30. The van der Waals surface area contributed by atoms with Crippen LogP contribution in [0.1, 0.15) is 32.7 Å². The van der Waals surface area contributed by atoms with Gasteiger partial charge in [-0.15, -0.1) is 0 Å². The molecule has 0 aliphatic rings. The maximum Gasteiger partial charge on any atom is 0.257 e. The summed E-state index contributed by atoms with van der Waals surface area (Å²) in [5.41, 5.74) is 4.47. The zero-order valence-electron chi connectivity index (χ0n) is 17.5. The molecule has 0 radical (unpaired) electrons. The van der Waals surface area contributed by atoms with Crippen LogP contribution in [0.5, 0.6) is 0 Å². The van der Waals surface area contributed by atoms with Crippen LogP contribution in [-0.2, 0) is 13.1 Å².